The first-order chi connectivity index (χ1) is 15.0. The fourth-order valence-corrected chi connectivity index (χ4v) is 8.47. The highest BCUT2D eigenvalue weighted by Crippen LogP contribution is 2.65. The van der Waals surface area contributed by atoms with Crippen LogP contribution in [-0.2, 0) is 9.59 Å². The van der Waals surface area contributed by atoms with E-state index in [0.717, 1.165) is 25.7 Å². The topological polar surface area (TPSA) is 49.4 Å². The number of hydrogen-bond donors (Lipinski definition) is 1. The second kappa shape index (κ2) is 8.47. The Bertz CT molecular complexity index is 773. The molecule has 4 rings (SSSR count). The Hall–Kier alpha value is -1.32. The molecular weight excluding hydrogens is 396 g/mol. The minimum absolute atomic E-state index is 0.0779. The lowest BCUT2D eigenvalue weighted by Gasteiger charge is -2.60. The first-order valence-electron chi connectivity index (χ1n) is 13.3. The van der Waals surface area contributed by atoms with Gasteiger partial charge in [-0.1, -0.05) is 46.1 Å². The van der Waals surface area contributed by atoms with Gasteiger partial charge in [0.1, 0.15) is 0 Å². The highest BCUT2D eigenvalue weighted by molar-refractivity contribution is 5.89. The number of carbonyl (C=O) groups is 2. The molecule has 0 spiro atoms. The third-order valence-corrected chi connectivity index (χ3v) is 10.3. The van der Waals surface area contributed by atoms with E-state index < -0.39 is 0 Å². The molecule has 1 aliphatic heterocycles. The fraction of sp³-hybridized carbons (Fsp3) is 0.857. The Labute approximate surface area is 196 Å². The van der Waals surface area contributed by atoms with Gasteiger partial charge in [0.15, 0.2) is 0 Å². The second-order valence-corrected chi connectivity index (χ2v) is 12.6. The molecule has 32 heavy (non-hydrogen) atoms. The normalized spacial score (nSPS) is 41.1. The number of likely N-dealkylation sites (N-methyl/N-ethyl adjacent to an activating group) is 1. The van der Waals surface area contributed by atoms with Gasteiger partial charge in [-0.05, 0) is 88.0 Å². The van der Waals surface area contributed by atoms with E-state index in [1.807, 2.05) is 18.0 Å². The lowest BCUT2D eigenvalue weighted by molar-refractivity contribution is -0.143. The fourth-order valence-electron chi connectivity index (χ4n) is 8.47. The van der Waals surface area contributed by atoms with E-state index in [1.165, 1.54) is 38.5 Å². The maximum Gasteiger partial charge on any atom is 0.246 e. The minimum atomic E-state index is -0.118. The van der Waals surface area contributed by atoms with E-state index in [0.29, 0.717) is 29.7 Å². The van der Waals surface area contributed by atoms with Gasteiger partial charge in [-0.25, -0.2) is 0 Å². The van der Waals surface area contributed by atoms with Gasteiger partial charge in [-0.2, -0.15) is 0 Å². The SMILES string of the molecule is CCCCCC(C)(C)NC(=O)[C@H]1CC[C@H]2[C@@H]3CC[C@H]4N(C)C(=O)C=C[C@]4(C)[C@H]3CC[C@]12C. The van der Waals surface area contributed by atoms with Crippen LogP contribution in [0.1, 0.15) is 98.8 Å². The first-order valence-corrected chi connectivity index (χ1v) is 13.3. The van der Waals surface area contributed by atoms with Crippen molar-refractivity contribution in [3.63, 3.8) is 0 Å². The third-order valence-electron chi connectivity index (χ3n) is 10.3. The molecule has 0 aromatic carbocycles. The lowest BCUT2D eigenvalue weighted by atomic mass is 9.47. The summed E-state index contributed by atoms with van der Waals surface area (Å²) in [5.74, 6) is 2.54. The van der Waals surface area contributed by atoms with E-state index >= 15 is 0 Å². The molecule has 0 unspecified atom stereocenters. The van der Waals surface area contributed by atoms with Crippen LogP contribution in [0.3, 0.4) is 0 Å². The molecule has 7 atom stereocenters. The summed E-state index contributed by atoms with van der Waals surface area (Å²) in [6.07, 6.45) is 15.6. The minimum Gasteiger partial charge on any atom is -0.351 e. The van der Waals surface area contributed by atoms with Crippen LogP contribution in [0.15, 0.2) is 12.2 Å². The molecule has 0 aromatic rings. The number of nitrogens with one attached hydrogen (secondary N) is 1. The van der Waals surface area contributed by atoms with Crippen molar-refractivity contribution in [2.45, 2.75) is 110 Å². The van der Waals surface area contributed by atoms with E-state index in [1.54, 1.807) is 0 Å². The molecule has 4 aliphatic rings. The molecule has 180 valence electrons. The Morgan fingerprint density at radius 1 is 1.12 bits per heavy atom. The highest BCUT2D eigenvalue weighted by Gasteiger charge is 2.61. The van der Waals surface area contributed by atoms with Crippen molar-refractivity contribution >= 4 is 11.8 Å². The zero-order chi connectivity index (χ0) is 23.3. The monoisotopic (exact) mass is 442 g/mol. The lowest BCUT2D eigenvalue weighted by Crippen LogP contribution is -2.60. The van der Waals surface area contributed by atoms with Crippen molar-refractivity contribution in [2.24, 2.45) is 34.5 Å². The maximum absolute atomic E-state index is 13.5. The van der Waals surface area contributed by atoms with E-state index in [2.05, 4.69) is 46.0 Å². The van der Waals surface area contributed by atoms with Crippen LogP contribution in [0, 0.1) is 34.5 Å². The third kappa shape index (κ3) is 3.84. The molecule has 0 saturated heterocycles. The van der Waals surface area contributed by atoms with Crippen LogP contribution in [0.25, 0.3) is 0 Å². The first kappa shape index (κ1) is 23.8. The van der Waals surface area contributed by atoms with Crippen LogP contribution >= 0.6 is 0 Å². The maximum atomic E-state index is 13.5. The predicted molar refractivity (Wildman–Crippen MR) is 130 cm³/mol. The Balaban J connectivity index is 1.49. The molecule has 3 fully saturated rings. The standard InChI is InChI=1S/C28H46N2O2/c1-7-8-9-16-26(2,3)29-25(32)22-12-11-20-19-10-13-23-28(5,18-15-24(31)30(23)6)21(19)14-17-27(20,22)4/h15,18-23H,7-14,16-17H2,1-6H3,(H,29,32)/t19-,20-,21-,22+,23+,27-,28+/m0/s1. The Morgan fingerprint density at radius 3 is 2.59 bits per heavy atom. The zero-order valence-corrected chi connectivity index (χ0v) is 21.4. The number of hydrogen-bond acceptors (Lipinski definition) is 2. The van der Waals surface area contributed by atoms with Crippen molar-refractivity contribution < 1.29 is 9.59 Å². The molecule has 1 heterocycles. The van der Waals surface area contributed by atoms with Crippen molar-refractivity contribution in [2.75, 3.05) is 7.05 Å². The molecule has 0 aromatic heterocycles. The van der Waals surface area contributed by atoms with Gasteiger partial charge in [-0.15, -0.1) is 0 Å². The van der Waals surface area contributed by atoms with Gasteiger partial charge < -0.3 is 10.2 Å². The number of nitrogens with zero attached hydrogens (tertiary/aromatic N) is 1. The summed E-state index contributed by atoms with van der Waals surface area (Å²) in [7, 11) is 1.99. The molecule has 0 bridgehead atoms. The van der Waals surface area contributed by atoms with Gasteiger partial charge in [0.05, 0.1) is 0 Å². The number of carbonyl (C=O) groups excluding carboxylic acids is 2. The molecule has 3 saturated carbocycles. The molecule has 4 nitrogen and oxygen atoms in total. The molecule has 1 N–H and O–H groups in total. The zero-order valence-electron chi connectivity index (χ0n) is 21.4. The summed E-state index contributed by atoms with van der Waals surface area (Å²) in [4.78, 5) is 27.8. The smallest absolute Gasteiger partial charge is 0.246 e. The number of amides is 2. The van der Waals surface area contributed by atoms with Gasteiger partial charge in [0.2, 0.25) is 11.8 Å². The van der Waals surface area contributed by atoms with Crippen molar-refractivity contribution in [1.82, 2.24) is 10.2 Å². The van der Waals surface area contributed by atoms with E-state index in [-0.39, 0.29) is 28.2 Å². The van der Waals surface area contributed by atoms with Gasteiger partial charge in [0.25, 0.3) is 0 Å². The van der Waals surface area contributed by atoms with E-state index in [4.69, 9.17) is 0 Å². The average Bonchev–Trinajstić information content (AvgIpc) is 3.08. The largest absolute Gasteiger partial charge is 0.351 e. The summed E-state index contributed by atoms with van der Waals surface area (Å²) >= 11 is 0. The summed E-state index contributed by atoms with van der Waals surface area (Å²) in [6.45, 7) is 11.4. The van der Waals surface area contributed by atoms with Gasteiger partial charge in [0, 0.05) is 30.0 Å². The van der Waals surface area contributed by atoms with Crippen LogP contribution in [0.4, 0.5) is 0 Å². The summed E-state index contributed by atoms with van der Waals surface area (Å²) in [5.41, 5.74) is 0.0794. The van der Waals surface area contributed by atoms with Crippen molar-refractivity contribution in [1.29, 1.82) is 0 Å². The number of rotatable bonds is 6. The van der Waals surface area contributed by atoms with Crippen LogP contribution in [0.2, 0.25) is 0 Å². The van der Waals surface area contributed by atoms with Crippen LogP contribution in [0.5, 0.6) is 0 Å². The molecule has 0 radical (unpaired) electrons. The second-order valence-electron chi connectivity index (χ2n) is 12.6. The summed E-state index contributed by atoms with van der Waals surface area (Å²) in [6, 6.07) is 0.329. The number of fused-ring (bicyclic) bond motifs is 5. The van der Waals surface area contributed by atoms with Crippen LogP contribution < -0.4 is 5.32 Å². The highest BCUT2D eigenvalue weighted by atomic mass is 16.2. The molecular formula is C28H46N2O2. The Kier molecular flexibility index (Phi) is 6.31. The summed E-state index contributed by atoms with van der Waals surface area (Å²) < 4.78 is 0. The number of unbranched alkanes of at least 4 members (excludes halogenated alkanes) is 2. The Morgan fingerprint density at radius 2 is 1.88 bits per heavy atom. The van der Waals surface area contributed by atoms with Gasteiger partial charge >= 0.3 is 0 Å². The van der Waals surface area contributed by atoms with E-state index in [9.17, 15) is 9.59 Å². The average molecular weight is 443 g/mol. The summed E-state index contributed by atoms with van der Waals surface area (Å²) in [5, 5.41) is 3.46. The molecule has 2 amide bonds. The predicted octanol–water partition coefficient (Wildman–Crippen LogP) is 5.72. The van der Waals surface area contributed by atoms with Crippen LogP contribution in [-0.4, -0.2) is 35.3 Å². The molecule has 4 heteroatoms. The van der Waals surface area contributed by atoms with Crippen molar-refractivity contribution in [3.8, 4) is 0 Å². The van der Waals surface area contributed by atoms with Crippen molar-refractivity contribution in [3.05, 3.63) is 12.2 Å². The quantitative estimate of drug-likeness (QED) is 0.535. The van der Waals surface area contributed by atoms with Gasteiger partial charge in [-0.3, -0.25) is 9.59 Å². The molecule has 3 aliphatic carbocycles.